The predicted molar refractivity (Wildman–Crippen MR) is 104 cm³/mol. The van der Waals surface area contributed by atoms with Gasteiger partial charge in [0.1, 0.15) is 5.75 Å². The number of rotatable bonds is 4. The second kappa shape index (κ2) is 8.19. The summed E-state index contributed by atoms with van der Waals surface area (Å²) in [5.41, 5.74) is 1.48. The summed E-state index contributed by atoms with van der Waals surface area (Å²) in [5, 5.41) is 0. The molecule has 1 aliphatic heterocycles. The summed E-state index contributed by atoms with van der Waals surface area (Å²) in [4.78, 5) is 14.9. The van der Waals surface area contributed by atoms with E-state index in [9.17, 15) is 13.2 Å². The van der Waals surface area contributed by atoms with E-state index in [1.54, 1.807) is 26.2 Å². The van der Waals surface area contributed by atoms with Crippen molar-refractivity contribution in [2.75, 3.05) is 33.3 Å². The maximum absolute atomic E-state index is 13.1. The van der Waals surface area contributed by atoms with E-state index in [-0.39, 0.29) is 11.8 Å². The second-order valence-electron chi connectivity index (χ2n) is 7.65. The molecule has 27 heavy (non-hydrogen) atoms. The molecule has 1 amide bonds. The van der Waals surface area contributed by atoms with Crippen LogP contribution >= 0.6 is 0 Å². The van der Waals surface area contributed by atoms with Crippen LogP contribution in [0, 0.1) is 19.8 Å². The van der Waals surface area contributed by atoms with Gasteiger partial charge in [0.15, 0.2) is 0 Å². The summed E-state index contributed by atoms with van der Waals surface area (Å²) in [6.07, 6.45) is 5.42. The van der Waals surface area contributed by atoms with Crippen LogP contribution in [-0.4, -0.2) is 56.8 Å². The highest BCUT2D eigenvalue weighted by molar-refractivity contribution is 7.89. The minimum atomic E-state index is -3.57. The number of sulfonamides is 1. The lowest BCUT2D eigenvalue weighted by molar-refractivity contribution is -0.137. The van der Waals surface area contributed by atoms with Gasteiger partial charge >= 0.3 is 0 Å². The first kappa shape index (κ1) is 20.1. The van der Waals surface area contributed by atoms with Crippen LogP contribution < -0.4 is 4.74 Å². The quantitative estimate of drug-likeness (QED) is 0.788. The van der Waals surface area contributed by atoms with Gasteiger partial charge < -0.3 is 9.64 Å². The number of hydrogen-bond donors (Lipinski definition) is 0. The largest absolute Gasteiger partial charge is 0.496 e. The van der Waals surface area contributed by atoms with Crippen LogP contribution in [0.25, 0.3) is 0 Å². The highest BCUT2D eigenvalue weighted by atomic mass is 32.2. The molecular weight excluding hydrogens is 364 g/mol. The van der Waals surface area contributed by atoms with Gasteiger partial charge in [0.25, 0.3) is 0 Å². The number of nitrogens with zero attached hydrogens (tertiary/aromatic N) is 2. The van der Waals surface area contributed by atoms with E-state index in [0.717, 1.165) is 31.2 Å². The number of hydrogen-bond acceptors (Lipinski definition) is 4. The molecule has 1 heterocycles. The SMILES string of the molecule is COc1cc(C)c(S(=O)(=O)N2CCN(C(=O)C3CCCCC3)CC2)cc1C. The fraction of sp³-hybridized carbons (Fsp3) is 0.650. The van der Waals surface area contributed by atoms with Crippen molar-refractivity contribution >= 4 is 15.9 Å². The molecule has 1 aromatic rings. The van der Waals surface area contributed by atoms with Crippen LogP contribution in [0.5, 0.6) is 5.75 Å². The van der Waals surface area contributed by atoms with Gasteiger partial charge in [-0.1, -0.05) is 19.3 Å². The zero-order valence-corrected chi connectivity index (χ0v) is 17.3. The minimum absolute atomic E-state index is 0.133. The molecule has 0 N–H and O–H groups in total. The zero-order chi connectivity index (χ0) is 19.6. The van der Waals surface area contributed by atoms with Crippen LogP contribution in [-0.2, 0) is 14.8 Å². The second-order valence-corrected chi connectivity index (χ2v) is 9.56. The number of amides is 1. The number of piperazine rings is 1. The fourth-order valence-corrected chi connectivity index (χ4v) is 5.87. The Bertz CT molecular complexity index is 792. The average Bonchev–Trinajstić information content (AvgIpc) is 2.69. The van der Waals surface area contributed by atoms with Crippen molar-refractivity contribution in [3.63, 3.8) is 0 Å². The summed E-state index contributed by atoms with van der Waals surface area (Å²) in [6, 6.07) is 3.45. The summed E-state index contributed by atoms with van der Waals surface area (Å²) in [5.74, 6) is 1.03. The van der Waals surface area contributed by atoms with Gasteiger partial charge in [0, 0.05) is 32.1 Å². The summed E-state index contributed by atoms with van der Waals surface area (Å²) < 4.78 is 33.0. The Kier molecular flexibility index (Phi) is 6.11. The maximum atomic E-state index is 13.1. The topological polar surface area (TPSA) is 66.9 Å². The number of aryl methyl sites for hydroxylation is 2. The van der Waals surface area contributed by atoms with E-state index < -0.39 is 10.0 Å². The minimum Gasteiger partial charge on any atom is -0.496 e. The fourth-order valence-electron chi connectivity index (χ4n) is 4.16. The van der Waals surface area contributed by atoms with E-state index in [1.807, 2.05) is 11.8 Å². The lowest BCUT2D eigenvalue weighted by atomic mass is 9.88. The van der Waals surface area contributed by atoms with Crippen LogP contribution in [0.4, 0.5) is 0 Å². The molecule has 1 saturated carbocycles. The predicted octanol–water partition coefficient (Wildman–Crippen LogP) is 2.73. The molecule has 0 spiro atoms. The molecule has 2 fully saturated rings. The van der Waals surface area contributed by atoms with Gasteiger partial charge in [-0.15, -0.1) is 0 Å². The molecule has 7 heteroatoms. The Labute approximate surface area is 162 Å². The number of ether oxygens (including phenoxy) is 1. The molecule has 1 saturated heterocycles. The molecule has 3 rings (SSSR count). The van der Waals surface area contributed by atoms with Crippen LogP contribution in [0.1, 0.15) is 43.2 Å². The average molecular weight is 395 g/mol. The third-order valence-electron chi connectivity index (χ3n) is 5.81. The van der Waals surface area contributed by atoms with Crippen molar-refractivity contribution < 1.29 is 17.9 Å². The highest BCUT2D eigenvalue weighted by Crippen LogP contribution is 2.29. The molecule has 0 radical (unpaired) electrons. The van der Waals surface area contributed by atoms with Crippen LogP contribution in [0.15, 0.2) is 17.0 Å². The standard InChI is InChI=1S/C20H30N2O4S/c1-15-14-19(16(2)13-18(15)26-3)27(24,25)22-11-9-21(10-12-22)20(23)17-7-5-4-6-8-17/h13-14,17H,4-12H2,1-3H3. The number of carbonyl (C=O) groups is 1. The molecule has 0 aromatic heterocycles. The Balaban J connectivity index is 1.70. The summed E-state index contributed by atoms with van der Waals surface area (Å²) in [6.45, 7) is 5.29. The molecule has 0 atom stereocenters. The molecule has 0 bridgehead atoms. The van der Waals surface area contributed by atoms with E-state index in [4.69, 9.17) is 4.74 Å². The van der Waals surface area contributed by atoms with Crippen molar-refractivity contribution in [2.45, 2.75) is 50.8 Å². The third-order valence-corrected chi connectivity index (χ3v) is 7.86. The van der Waals surface area contributed by atoms with Crippen LogP contribution in [0.3, 0.4) is 0 Å². The Morgan fingerprint density at radius 3 is 2.22 bits per heavy atom. The van der Waals surface area contributed by atoms with Crippen molar-refractivity contribution in [3.05, 3.63) is 23.3 Å². The number of carbonyl (C=O) groups excluding carboxylic acids is 1. The van der Waals surface area contributed by atoms with Crippen molar-refractivity contribution in [1.82, 2.24) is 9.21 Å². The van der Waals surface area contributed by atoms with E-state index in [1.165, 1.54) is 10.7 Å². The number of methoxy groups -OCH3 is 1. The lowest BCUT2D eigenvalue weighted by Crippen LogP contribution is -2.52. The molecular formula is C20H30N2O4S. The molecule has 2 aliphatic rings. The van der Waals surface area contributed by atoms with E-state index in [2.05, 4.69) is 0 Å². The van der Waals surface area contributed by atoms with E-state index in [0.29, 0.717) is 42.4 Å². The smallest absolute Gasteiger partial charge is 0.243 e. The zero-order valence-electron chi connectivity index (χ0n) is 16.5. The first-order valence-electron chi connectivity index (χ1n) is 9.78. The first-order valence-corrected chi connectivity index (χ1v) is 11.2. The molecule has 1 aliphatic carbocycles. The van der Waals surface area contributed by atoms with Crippen molar-refractivity contribution in [3.8, 4) is 5.75 Å². The summed E-state index contributed by atoms with van der Waals surface area (Å²) in [7, 11) is -1.99. The van der Waals surface area contributed by atoms with E-state index >= 15 is 0 Å². The van der Waals surface area contributed by atoms with Gasteiger partial charge in [-0.25, -0.2) is 8.42 Å². The highest BCUT2D eigenvalue weighted by Gasteiger charge is 2.33. The monoisotopic (exact) mass is 394 g/mol. The first-order chi connectivity index (χ1) is 12.8. The van der Waals surface area contributed by atoms with Gasteiger partial charge in [-0.2, -0.15) is 4.31 Å². The van der Waals surface area contributed by atoms with Crippen molar-refractivity contribution in [2.24, 2.45) is 5.92 Å². The lowest BCUT2D eigenvalue weighted by Gasteiger charge is -2.36. The Hall–Kier alpha value is -1.60. The van der Waals surface area contributed by atoms with Crippen molar-refractivity contribution in [1.29, 1.82) is 0 Å². The van der Waals surface area contributed by atoms with Gasteiger partial charge in [-0.3, -0.25) is 4.79 Å². The summed E-state index contributed by atoms with van der Waals surface area (Å²) >= 11 is 0. The Morgan fingerprint density at radius 2 is 1.63 bits per heavy atom. The van der Waals surface area contributed by atoms with Gasteiger partial charge in [-0.05, 0) is 49.9 Å². The maximum Gasteiger partial charge on any atom is 0.243 e. The molecule has 1 aromatic carbocycles. The molecule has 0 unspecified atom stereocenters. The normalized spacial score (nSPS) is 19.9. The number of benzene rings is 1. The molecule has 150 valence electrons. The van der Waals surface area contributed by atoms with Gasteiger partial charge in [0.05, 0.1) is 12.0 Å². The van der Waals surface area contributed by atoms with Crippen LogP contribution in [0.2, 0.25) is 0 Å². The molecule has 6 nitrogen and oxygen atoms in total. The third kappa shape index (κ3) is 4.14. The van der Waals surface area contributed by atoms with Gasteiger partial charge in [0.2, 0.25) is 15.9 Å². The Morgan fingerprint density at radius 1 is 1.00 bits per heavy atom.